The van der Waals surface area contributed by atoms with Gasteiger partial charge in [-0.05, 0) is 0 Å². The molecule has 2 saturated heterocycles. The van der Waals surface area contributed by atoms with Crippen LogP contribution in [0.4, 0.5) is 79.0 Å². The Morgan fingerprint density at radius 3 is 1.07 bits per heavy atom. The molecule has 26 heteroatoms. The van der Waals surface area contributed by atoms with Crippen molar-refractivity contribution >= 4 is 0 Å². The minimum absolute atomic E-state index is 0.0471. The Balaban J connectivity index is 1.88. The van der Waals surface area contributed by atoms with Crippen molar-refractivity contribution in [3.05, 3.63) is 0 Å². The van der Waals surface area contributed by atoms with E-state index in [9.17, 15) is 79.0 Å². The summed E-state index contributed by atoms with van der Waals surface area (Å²) in [5.74, 6) is -25.2. The van der Waals surface area contributed by atoms with Gasteiger partial charge in [-0.2, -0.15) is 70.2 Å². The fourth-order valence-corrected chi connectivity index (χ4v) is 2.60. The third kappa shape index (κ3) is 9.97. The van der Waals surface area contributed by atoms with Gasteiger partial charge < -0.3 is 28.4 Å². The van der Waals surface area contributed by atoms with Crippen molar-refractivity contribution in [2.45, 2.75) is 73.0 Å². The first kappa shape index (κ1) is 40.6. The van der Waals surface area contributed by atoms with Gasteiger partial charge >= 0.3 is 48.1 Å². The number of hydrogen-bond acceptors (Lipinski definition) is 8. The van der Waals surface area contributed by atoms with E-state index < -0.39 is 113 Å². The molecule has 2 aliphatic heterocycles. The average molecular weight is 730 g/mol. The summed E-state index contributed by atoms with van der Waals surface area (Å²) in [7, 11) is 0. The second-order valence-corrected chi connectivity index (χ2v) is 9.22. The van der Waals surface area contributed by atoms with Crippen molar-refractivity contribution in [3.63, 3.8) is 0 Å². The zero-order chi connectivity index (χ0) is 35.6. The SMILES string of the molecule is FC(OC(F)(F)C(F)(F)C(F)(F)COCC1CO1)C(F)(F)OCCOC(F)(F)C(F)OC(F)(F)C(F)(F)C(F)(F)COCC1CO1. The summed E-state index contributed by atoms with van der Waals surface area (Å²) in [5, 5.41) is 0. The monoisotopic (exact) mass is 730 g/mol. The van der Waals surface area contributed by atoms with Crippen LogP contribution in [0.2, 0.25) is 0 Å². The Morgan fingerprint density at radius 2 is 0.804 bits per heavy atom. The zero-order valence-corrected chi connectivity index (χ0v) is 22.0. The molecule has 0 bridgehead atoms. The summed E-state index contributed by atoms with van der Waals surface area (Å²) in [6.45, 7) is -11.0. The molecule has 274 valence electrons. The lowest BCUT2D eigenvalue weighted by Gasteiger charge is -2.34. The van der Waals surface area contributed by atoms with Gasteiger partial charge in [-0.3, -0.25) is 9.47 Å². The van der Waals surface area contributed by atoms with E-state index in [0.29, 0.717) is 0 Å². The summed E-state index contributed by atoms with van der Waals surface area (Å²) in [6, 6.07) is 0. The van der Waals surface area contributed by atoms with Gasteiger partial charge in [-0.15, -0.1) is 0 Å². The third-order valence-electron chi connectivity index (χ3n) is 5.33. The molecular formula is C20H20F18O8. The molecule has 46 heavy (non-hydrogen) atoms. The Labute approximate surface area is 244 Å². The van der Waals surface area contributed by atoms with Crippen LogP contribution >= 0.6 is 0 Å². The number of hydrogen-bond donors (Lipinski definition) is 0. The van der Waals surface area contributed by atoms with E-state index in [1.54, 1.807) is 0 Å². The third-order valence-corrected chi connectivity index (χ3v) is 5.33. The first-order valence-corrected chi connectivity index (χ1v) is 11.9. The summed E-state index contributed by atoms with van der Waals surface area (Å²) in [6.07, 6.45) is -37.0. The van der Waals surface area contributed by atoms with Gasteiger partial charge in [0.2, 0.25) is 0 Å². The van der Waals surface area contributed by atoms with E-state index in [1.165, 1.54) is 0 Å². The minimum Gasteiger partial charge on any atom is -0.372 e. The molecule has 0 amide bonds. The second kappa shape index (κ2) is 14.1. The van der Waals surface area contributed by atoms with Gasteiger partial charge in [0.05, 0.1) is 39.6 Å². The molecule has 2 heterocycles. The summed E-state index contributed by atoms with van der Waals surface area (Å²) < 4.78 is 273. The Kier molecular flexibility index (Phi) is 12.4. The van der Waals surface area contributed by atoms with Crippen LogP contribution in [-0.4, -0.2) is 126 Å². The first-order valence-electron chi connectivity index (χ1n) is 11.9. The van der Waals surface area contributed by atoms with E-state index >= 15 is 0 Å². The van der Waals surface area contributed by atoms with E-state index in [0.717, 1.165) is 0 Å². The molecule has 2 rings (SSSR count). The van der Waals surface area contributed by atoms with Crippen molar-refractivity contribution in [2.75, 3.05) is 52.9 Å². The van der Waals surface area contributed by atoms with Crippen LogP contribution in [-0.2, 0) is 37.9 Å². The van der Waals surface area contributed by atoms with Crippen molar-refractivity contribution in [1.29, 1.82) is 0 Å². The maximum absolute atomic E-state index is 13.6. The topological polar surface area (TPSA) is 80.4 Å². The van der Waals surface area contributed by atoms with Crippen molar-refractivity contribution in [1.82, 2.24) is 0 Å². The predicted octanol–water partition coefficient (Wildman–Crippen LogP) is 5.39. The molecule has 4 unspecified atom stereocenters. The lowest BCUT2D eigenvalue weighted by molar-refractivity contribution is -0.458. The minimum atomic E-state index is -6.73. The molecule has 0 aliphatic carbocycles. The molecule has 0 saturated carbocycles. The second-order valence-electron chi connectivity index (χ2n) is 9.22. The standard InChI is InChI=1S/C20H20F18O8/c21-11(45-19(35,36)17(31,32)13(23,24)7-39-3-9-5-41-9)15(27,28)43-1-2-44-16(29,30)12(22)46-20(37,38)18(33,34)14(25,26)8-40-4-10-6-42-10/h9-12H,1-8H2. The zero-order valence-electron chi connectivity index (χ0n) is 22.0. The maximum atomic E-state index is 13.6. The lowest BCUT2D eigenvalue weighted by Crippen LogP contribution is -2.59. The number of alkyl halides is 18. The van der Waals surface area contributed by atoms with E-state index in [-0.39, 0.29) is 13.2 Å². The van der Waals surface area contributed by atoms with Crippen molar-refractivity contribution < 1.29 is 117 Å². The highest BCUT2D eigenvalue weighted by Crippen LogP contribution is 2.49. The van der Waals surface area contributed by atoms with Gasteiger partial charge in [0.1, 0.15) is 25.4 Å². The first-order chi connectivity index (χ1) is 20.6. The predicted molar refractivity (Wildman–Crippen MR) is 105 cm³/mol. The fraction of sp³-hybridized carbons (Fsp3) is 1.00. The van der Waals surface area contributed by atoms with Crippen LogP contribution in [0.3, 0.4) is 0 Å². The molecule has 2 aliphatic rings. The molecule has 0 radical (unpaired) electrons. The number of ether oxygens (including phenoxy) is 8. The molecule has 2 fully saturated rings. The smallest absolute Gasteiger partial charge is 0.372 e. The van der Waals surface area contributed by atoms with Gasteiger partial charge in [0, 0.05) is 0 Å². The molecule has 0 aromatic rings. The quantitative estimate of drug-likeness (QED) is 0.0788. The maximum Gasteiger partial charge on any atom is 0.428 e. The van der Waals surface area contributed by atoms with Crippen LogP contribution in [0.1, 0.15) is 0 Å². The van der Waals surface area contributed by atoms with E-state index in [4.69, 9.17) is 0 Å². The molecule has 8 nitrogen and oxygen atoms in total. The van der Waals surface area contributed by atoms with Crippen LogP contribution in [0.15, 0.2) is 0 Å². The molecular weight excluding hydrogens is 710 g/mol. The average Bonchev–Trinajstić information content (AvgIpc) is 3.82. The fourth-order valence-electron chi connectivity index (χ4n) is 2.60. The Hall–Kier alpha value is -1.58. The molecule has 0 aromatic heterocycles. The van der Waals surface area contributed by atoms with E-state index in [2.05, 4.69) is 37.9 Å². The molecule has 0 N–H and O–H groups in total. The van der Waals surface area contributed by atoms with Crippen LogP contribution in [0.5, 0.6) is 0 Å². The molecule has 0 aromatic carbocycles. The molecule has 4 atom stereocenters. The van der Waals surface area contributed by atoms with Crippen LogP contribution in [0.25, 0.3) is 0 Å². The largest absolute Gasteiger partial charge is 0.428 e. The molecule has 0 spiro atoms. The number of halogens is 18. The Morgan fingerprint density at radius 1 is 0.522 bits per heavy atom. The summed E-state index contributed by atoms with van der Waals surface area (Å²) in [5.41, 5.74) is 0. The highest BCUT2D eigenvalue weighted by atomic mass is 19.4. The summed E-state index contributed by atoms with van der Waals surface area (Å²) >= 11 is 0. The van der Waals surface area contributed by atoms with Crippen LogP contribution in [0, 0.1) is 0 Å². The highest BCUT2D eigenvalue weighted by Gasteiger charge is 2.76. The van der Waals surface area contributed by atoms with Crippen molar-refractivity contribution in [2.24, 2.45) is 0 Å². The van der Waals surface area contributed by atoms with Gasteiger partial charge in [0.25, 0.3) is 12.7 Å². The normalized spacial score (nSPS) is 21.8. The van der Waals surface area contributed by atoms with Gasteiger partial charge in [-0.25, -0.2) is 8.78 Å². The van der Waals surface area contributed by atoms with Crippen molar-refractivity contribution in [3.8, 4) is 0 Å². The number of epoxide rings is 2. The van der Waals surface area contributed by atoms with Gasteiger partial charge in [-0.1, -0.05) is 0 Å². The lowest BCUT2D eigenvalue weighted by atomic mass is 10.1. The number of rotatable bonds is 23. The summed E-state index contributed by atoms with van der Waals surface area (Å²) in [4.78, 5) is 0. The Bertz CT molecular complexity index is 902. The van der Waals surface area contributed by atoms with E-state index in [1.807, 2.05) is 0 Å². The van der Waals surface area contributed by atoms with Gasteiger partial charge in [0.15, 0.2) is 0 Å². The van der Waals surface area contributed by atoms with Crippen LogP contribution < -0.4 is 0 Å². The highest BCUT2D eigenvalue weighted by molar-refractivity contribution is 4.93.